The molecule has 4 heteroatoms. The van der Waals surface area contributed by atoms with Crippen molar-refractivity contribution in [2.45, 2.75) is 59.2 Å². The first-order valence-electron chi connectivity index (χ1n) is 8.11. The topological polar surface area (TPSA) is 34.8 Å². The van der Waals surface area contributed by atoms with Crippen molar-refractivity contribution >= 4 is 0 Å². The van der Waals surface area contributed by atoms with E-state index in [1.165, 1.54) is 24.8 Å². The predicted octanol–water partition coefficient (Wildman–Crippen LogP) is 3.53. The summed E-state index contributed by atoms with van der Waals surface area (Å²) in [5.41, 5.74) is 1.41. The highest BCUT2D eigenvalue weighted by Gasteiger charge is 2.10. The number of hydrogen-bond donors (Lipinski definition) is 1. The molecule has 0 aliphatic carbocycles. The molecule has 0 saturated heterocycles. The molecule has 1 atom stereocenters. The smallest absolute Gasteiger partial charge is 0.105 e. The Morgan fingerprint density at radius 3 is 2.71 bits per heavy atom. The molecule has 0 radical (unpaired) electrons. The van der Waals surface area contributed by atoms with Crippen LogP contribution in [0.1, 0.15) is 50.5 Å². The van der Waals surface area contributed by atoms with Crippen molar-refractivity contribution in [3.05, 3.63) is 42.2 Å². The van der Waals surface area contributed by atoms with Crippen LogP contribution in [-0.4, -0.2) is 20.7 Å². The van der Waals surface area contributed by atoms with Gasteiger partial charge in [-0.05, 0) is 37.9 Å². The van der Waals surface area contributed by atoms with Gasteiger partial charge in [0.2, 0.25) is 0 Å². The molecule has 116 valence electrons. The third-order valence-corrected chi connectivity index (χ3v) is 3.92. The number of nitrogens with one attached hydrogen (secondary N) is 1. The first-order valence-corrected chi connectivity index (χ1v) is 8.11. The summed E-state index contributed by atoms with van der Waals surface area (Å²) < 4.78 is 4.48. The molecule has 0 aliphatic rings. The van der Waals surface area contributed by atoms with Crippen LogP contribution in [0.4, 0.5) is 0 Å². The van der Waals surface area contributed by atoms with Crippen molar-refractivity contribution in [3.8, 4) is 0 Å². The minimum absolute atomic E-state index is 0.492. The summed E-state index contributed by atoms with van der Waals surface area (Å²) in [6, 6.07) is 2.75. The van der Waals surface area contributed by atoms with Crippen molar-refractivity contribution in [2.75, 3.05) is 6.54 Å². The van der Waals surface area contributed by atoms with Crippen LogP contribution in [0.15, 0.2) is 30.9 Å². The maximum atomic E-state index is 4.26. The van der Waals surface area contributed by atoms with Gasteiger partial charge in [-0.15, -0.1) is 0 Å². The van der Waals surface area contributed by atoms with Gasteiger partial charge in [0, 0.05) is 43.9 Å². The Morgan fingerprint density at radius 1 is 1.19 bits per heavy atom. The average molecular weight is 288 g/mol. The van der Waals surface area contributed by atoms with E-state index in [0.717, 1.165) is 25.5 Å². The van der Waals surface area contributed by atoms with Crippen LogP contribution in [-0.2, 0) is 13.1 Å². The largest absolute Gasteiger partial charge is 0.352 e. The number of aryl methyl sites for hydroxylation is 3. The highest BCUT2D eigenvalue weighted by atomic mass is 15.1. The van der Waals surface area contributed by atoms with Crippen LogP contribution in [0.2, 0.25) is 0 Å². The van der Waals surface area contributed by atoms with Gasteiger partial charge in [0.05, 0.1) is 0 Å². The highest BCUT2D eigenvalue weighted by molar-refractivity contribution is 5.15. The van der Waals surface area contributed by atoms with Gasteiger partial charge in [0.1, 0.15) is 5.82 Å². The van der Waals surface area contributed by atoms with Crippen LogP contribution in [0.25, 0.3) is 0 Å². The highest BCUT2D eigenvalue weighted by Crippen LogP contribution is 2.19. The molecule has 0 amide bonds. The SMILES string of the molecule is CCCNC(CCC)c1ccn(CCn2ccnc2C)c1. The van der Waals surface area contributed by atoms with E-state index in [1.54, 1.807) is 0 Å². The number of rotatable bonds is 9. The normalized spacial score (nSPS) is 12.7. The monoisotopic (exact) mass is 288 g/mol. The number of hydrogen-bond acceptors (Lipinski definition) is 2. The summed E-state index contributed by atoms with van der Waals surface area (Å²) in [7, 11) is 0. The van der Waals surface area contributed by atoms with Gasteiger partial charge >= 0.3 is 0 Å². The molecule has 1 unspecified atom stereocenters. The molecule has 2 rings (SSSR count). The van der Waals surface area contributed by atoms with Gasteiger partial charge in [0.15, 0.2) is 0 Å². The van der Waals surface area contributed by atoms with E-state index in [4.69, 9.17) is 0 Å². The molecule has 4 nitrogen and oxygen atoms in total. The fraction of sp³-hybridized carbons (Fsp3) is 0.588. The van der Waals surface area contributed by atoms with Crippen LogP contribution < -0.4 is 5.32 Å². The third kappa shape index (κ3) is 4.46. The van der Waals surface area contributed by atoms with E-state index >= 15 is 0 Å². The Balaban J connectivity index is 1.94. The Kier molecular flexibility index (Phi) is 6.05. The molecule has 0 saturated carbocycles. The fourth-order valence-electron chi connectivity index (χ4n) is 2.66. The second kappa shape index (κ2) is 8.03. The van der Waals surface area contributed by atoms with Gasteiger partial charge in [-0.2, -0.15) is 0 Å². The number of aromatic nitrogens is 3. The molecule has 0 aliphatic heterocycles. The quantitative estimate of drug-likeness (QED) is 0.766. The molecule has 2 aromatic heterocycles. The molecular weight excluding hydrogens is 260 g/mol. The zero-order valence-corrected chi connectivity index (χ0v) is 13.5. The molecule has 0 fully saturated rings. The molecular formula is C17H28N4. The summed E-state index contributed by atoms with van der Waals surface area (Å²) in [5, 5.41) is 3.65. The van der Waals surface area contributed by atoms with Crippen molar-refractivity contribution in [2.24, 2.45) is 0 Å². The van der Waals surface area contributed by atoms with Crippen LogP contribution in [0.5, 0.6) is 0 Å². The van der Waals surface area contributed by atoms with E-state index in [9.17, 15) is 0 Å². The van der Waals surface area contributed by atoms with Gasteiger partial charge < -0.3 is 14.5 Å². The maximum absolute atomic E-state index is 4.26. The second-order valence-corrected chi connectivity index (χ2v) is 5.65. The molecule has 2 aromatic rings. The van der Waals surface area contributed by atoms with E-state index < -0.39 is 0 Å². The second-order valence-electron chi connectivity index (χ2n) is 5.65. The first-order chi connectivity index (χ1) is 10.2. The van der Waals surface area contributed by atoms with Gasteiger partial charge in [-0.1, -0.05) is 20.3 Å². The summed E-state index contributed by atoms with van der Waals surface area (Å²) >= 11 is 0. The fourth-order valence-corrected chi connectivity index (χ4v) is 2.66. The molecule has 1 N–H and O–H groups in total. The Bertz CT molecular complexity index is 526. The van der Waals surface area contributed by atoms with Gasteiger partial charge in [-0.25, -0.2) is 4.98 Å². The lowest BCUT2D eigenvalue weighted by Crippen LogP contribution is -2.21. The lowest BCUT2D eigenvalue weighted by molar-refractivity contribution is 0.492. The van der Waals surface area contributed by atoms with Gasteiger partial charge in [0.25, 0.3) is 0 Å². The van der Waals surface area contributed by atoms with Crippen molar-refractivity contribution in [1.29, 1.82) is 0 Å². The van der Waals surface area contributed by atoms with Crippen LogP contribution in [0, 0.1) is 6.92 Å². The Labute approximate surface area is 128 Å². The molecule has 2 heterocycles. The summed E-state index contributed by atoms with van der Waals surface area (Å²) in [6.45, 7) is 9.57. The molecule has 0 aromatic carbocycles. The standard InChI is InChI=1S/C17H28N4/c1-4-6-17(19-8-5-2)16-7-10-20(14-16)12-13-21-11-9-18-15(21)3/h7,9-11,14,17,19H,4-6,8,12-13H2,1-3H3. The van der Waals surface area contributed by atoms with E-state index in [0.29, 0.717) is 6.04 Å². The maximum Gasteiger partial charge on any atom is 0.105 e. The lowest BCUT2D eigenvalue weighted by atomic mass is 10.1. The predicted molar refractivity (Wildman–Crippen MR) is 87.3 cm³/mol. The molecule has 0 bridgehead atoms. The van der Waals surface area contributed by atoms with E-state index in [1.807, 2.05) is 19.3 Å². The number of nitrogens with zero attached hydrogens (tertiary/aromatic N) is 3. The van der Waals surface area contributed by atoms with Crippen molar-refractivity contribution in [3.63, 3.8) is 0 Å². The molecule has 21 heavy (non-hydrogen) atoms. The third-order valence-electron chi connectivity index (χ3n) is 3.92. The first kappa shape index (κ1) is 15.8. The van der Waals surface area contributed by atoms with Gasteiger partial charge in [-0.3, -0.25) is 0 Å². The lowest BCUT2D eigenvalue weighted by Gasteiger charge is -2.16. The summed E-state index contributed by atoms with van der Waals surface area (Å²) in [5.74, 6) is 1.08. The van der Waals surface area contributed by atoms with E-state index in [-0.39, 0.29) is 0 Å². The van der Waals surface area contributed by atoms with Crippen LogP contribution >= 0.6 is 0 Å². The summed E-state index contributed by atoms with van der Waals surface area (Å²) in [6.07, 6.45) is 12.0. The zero-order valence-electron chi connectivity index (χ0n) is 13.5. The number of imidazole rings is 1. The average Bonchev–Trinajstić information content (AvgIpc) is 3.10. The molecule has 0 spiro atoms. The van der Waals surface area contributed by atoms with E-state index in [2.05, 4.69) is 51.7 Å². The Hall–Kier alpha value is -1.55. The zero-order chi connectivity index (χ0) is 15.1. The van der Waals surface area contributed by atoms with Crippen molar-refractivity contribution in [1.82, 2.24) is 19.4 Å². The minimum Gasteiger partial charge on any atom is -0.352 e. The minimum atomic E-state index is 0.492. The Morgan fingerprint density at radius 2 is 2.05 bits per heavy atom. The van der Waals surface area contributed by atoms with Crippen LogP contribution in [0.3, 0.4) is 0 Å². The van der Waals surface area contributed by atoms with Crippen molar-refractivity contribution < 1.29 is 0 Å². The summed E-state index contributed by atoms with van der Waals surface area (Å²) in [4.78, 5) is 4.26.